The van der Waals surface area contributed by atoms with Crippen molar-refractivity contribution in [3.8, 4) is 5.75 Å². The molecule has 0 aliphatic heterocycles. The van der Waals surface area contributed by atoms with E-state index in [1.54, 1.807) is 24.6 Å². The predicted molar refractivity (Wildman–Crippen MR) is 73.2 cm³/mol. The van der Waals surface area contributed by atoms with E-state index in [1.165, 1.54) is 0 Å². The number of hydrogen-bond donors (Lipinski definition) is 1. The van der Waals surface area contributed by atoms with Crippen molar-refractivity contribution in [2.75, 3.05) is 13.7 Å². The van der Waals surface area contributed by atoms with Crippen molar-refractivity contribution in [3.63, 3.8) is 0 Å². The summed E-state index contributed by atoms with van der Waals surface area (Å²) >= 11 is 1.68. The van der Waals surface area contributed by atoms with Crippen LogP contribution in [0.5, 0.6) is 5.75 Å². The molecule has 0 spiro atoms. The fraction of sp³-hybridized carbons (Fsp3) is 0.385. The van der Waals surface area contributed by atoms with E-state index in [-0.39, 0.29) is 6.04 Å². The number of hydrogen-bond acceptors (Lipinski definition) is 5. The van der Waals surface area contributed by atoms with Gasteiger partial charge in [-0.15, -0.1) is 11.3 Å². The normalized spacial score (nSPS) is 12.4. The molecule has 0 amide bonds. The lowest BCUT2D eigenvalue weighted by Gasteiger charge is -2.17. The zero-order valence-electron chi connectivity index (χ0n) is 10.8. The van der Waals surface area contributed by atoms with Crippen LogP contribution in [0.2, 0.25) is 0 Å². The first-order valence-electron chi connectivity index (χ1n) is 5.90. The average Bonchev–Trinajstić information content (AvgIpc) is 2.82. The van der Waals surface area contributed by atoms with Gasteiger partial charge in [-0.2, -0.15) is 0 Å². The molecule has 1 unspecified atom stereocenters. The molecule has 18 heavy (non-hydrogen) atoms. The average molecular weight is 263 g/mol. The van der Waals surface area contributed by atoms with Crippen molar-refractivity contribution in [1.29, 1.82) is 0 Å². The highest BCUT2D eigenvalue weighted by atomic mass is 32.1. The standard InChI is InChI=1S/C13H17N3OS/c1-4-14-13(11-8-16-9(2)18-11)12-10(17-3)6-5-7-15-12/h5-8,13-14H,4H2,1-3H3. The van der Waals surface area contributed by atoms with Gasteiger partial charge in [0, 0.05) is 17.3 Å². The second-order valence-corrected chi connectivity index (χ2v) is 5.13. The van der Waals surface area contributed by atoms with Crippen LogP contribution in [0.15, 0.2) is 24.5 Å². The molecule has 2 aromatic heterocycles. The van der Waals surface area contributed by atoms with Crippen LogP contribution >= 0.6 is 11.3 Å². The maximum atomic E-state index is 5.38. The second-order valence-electron chi connectivity index (χ2n) is 3.86. The summed E-state index contributed by atoms with van der Waals surface area (Å²) < 4.78 is 5.38. The van der Waals surface area contributed by atoms with Gasteiger partial charge in [0.05, 0.1) is 18.2 Å². The van der Waals surface area contributed by atoms with Gasteiger partial charge in [-0.1, -0.05) is 6.92 Å². The van der Waals surface area contributed by atoms with Crippen LogP contribution < -0.4 is 10.1 Å². The molecule has 0 aliphatic carbocycles. The molecular formula is C13H17N3OS. The highest BCUT2D eigenvalue weighted by Crippen LogP contribution is 2.30. The summed E-state index contributed by atoms with van der Waals surface area (Å²) in [7, 11) is 1.67. The molecule has 0 fully saturated rings. The van der Waals surface area contributed by atoms with Gasteiger partial charge in [0.25, 0.3) is 0 Å². The summed E-state index contributed by atoms with van der Waals surface area (Å²) in [5.74, 6) is 0.800. The Morgan fingerprint density at radius 1 is 1.44 bits per heavy atom. The largest absolute Gasteiger partial charge is 0.495 e. The van der Waals surface area contributed by atoms with E-state index >= 15 is 0 Å². The number of methoxy groups -OCH3 is 1. The molecule has 2 heterocycles. The molecule has 96 valence electrons. The van der Waals surface area contributed by atoms with Gasteiger partial charge in [0.2, 0.25) is 0 Å². The van der Waals surface area contributed by atoms with E-state index in [0.717, 1.165) is 27.9 Å². The molecule has 0 aromatic carbocycles. The van der Waals surface area contributed by atoms with Gasteiger partial charge in [0.15, 0.2) is 0 Å². The molecule has 2 aromatic rings. The second kappa shape index (κ2) is 5.93. The summed E-state index contributed by atoms with van der Waals surface area (Å²) in [5.41, 5.74) is 0.908. The van der Waals surface area contributed by atoms with Gasteiger partial charge in [-0.25, -0.2) is 4.98 Å². The van der Waals surface area contributed by atoms with Gasteiger partial charge in [0.1, 0.15) is 11.4 Å². The molecule has 0 bridgehead atoms. The lowest BCUT2D eigenvalue weighted by atomic mass is 10.1. The number of aromatic nitrogens is 2. The maximum absolute atomic E-state index is 5.38. The molecule has 1 atom stereocenters. The van der Waals surface area contributed by atoms with Crippen LogP contribution in [0.4, 0.5) is 0 Å². The fourth-order valence-electron chi connectivity index (χ4n) is 1.84. The van der Waals surface area contributed by atoms with Crippen molar-refractivity contribution in [2.24, 2.45) is 0 Å². The van der Waals surface area contributed by atoms with Crippen molar-refractivity contribution < 1.29 is 4.74 Å². The molecule has 5 heteroatoms. The first-order chi connectivity index (χ1) is 8.76. The summed E-state index contributed by atoms with van der Waals surface area (Å²) in [5, 5.41) is 4.49. The molecule has 0 aliphatic rings. The van der Waals surface area contributed by atoms with E-state index in [9.17, 15) is 0 Å². The molecule has 1 N–H and O–H groups in total. The Balaban J connectivity index is 2.41. The Hall–Kier alpha value is -1.46. The highest BCUT2D eigenvalue weighted by molar-refractivity contribution is 7.11. The Morgan fingerprint density at radius 3 is 2.89 bits per heavy atom. The minimum atomic E-state index is 0.0392. The first kappa shape index (κ1) is 13.0. The van der Waals surface area contributed by atoms with Crippen molar-refractivity contribution >= 4 is 11.3 Å². The van der Waals surface area contributed by atoms with Crippen molar-refractivity contribution in [1.82, 2.24) is 15.3 Å². The van der Waals surface area contributed by atoms with E-state index in [1.807, 2.05) is 25.3 Å². The number of thiazole rings is 1. The van der Waals surface area contributed by atoms with Crippen molar-refractivity contribution in [2.45, 2.75) is 19.9 Å². The summed E-state index contributed by atoms with van der Waals surface area (Å²) in [6.45, 7) is 4.95. The topological polar surface area (TPSA) is 47.0 Å². The van der Waals surface area contributed by atoms with E-state index in [4.69, 9.17) is 4.74 Å². The Labute approximate surface area is 111 Å². The van der Waals surface area contributed by atoms with Gasteiger partial charge in [-0.3, -0.25) is 4.98 Å². The zero-order valence-corrected chi connectivity index (χ0v) is 11.6. The smallest absolute Gasteiger partial charge is 0.142 e. The van der Waals surface area contributed by atoms with Crippen LogP contribution in [0, 0.1) is 6.92 Å². The number of aryl methyl sites for hydroxylation is 1. The lowest BCUT2D eigenvalue weighted by Crippen LogP contribution is -2.22. The number of nitrogens with one attached hydrogen (secondary N) is 1. The summed E-state index contributed by atoms with van der Waals surface area (Å²) in [6, 6.07) is 3.85. The third-order valence-corrected chi connectivity index (χ3v) is 3.60. The van der Waals surface area contributed by atoms with Crippen LogP contribution in [-0.4, -0.2) is 23.6 Å². The molecule has 2 rings (SSSR count). The van der Waals surface area contributed by atoms with E-state index < -0.39 is 0 Å². The van der Waals surface area contributed by atoms with E-state index in [0.29, 0.717) is 0 Å². The number of rotatable bonds is 5. The van der Waals surface area contributed by atoms with Crippen LogP contribution in [0.3, 0.4) is 0 Å². The third kappa shape index (κ3) is 2.68. The number of pyridine rings is 1. The highest BCUT2D eigenvalue weighted by Gasteiger charge is 2.20. The minimum absolute atomic E-state index is 0.0392. The van der Waals surface area contributed by atoms with Gasteiger partial charge in [-0.05, 0) is 25.6 Å². The Bertz CT molecular complexity index is 512. The predicted octanol–water partition coefficient (Wildman–Crippen LogP) is 2.55. The van der Waals surface area contributed by atoms with Gasteiger partial charge < -0.3 is 10.1 Å². The maximum Gasteiger partial charge on any atom is 0.142 e. The van der Waals surface area contributed by atoms with Gasteiger partial charge >= 0.3 is 0 Å². The Morgan fingerprint density at radius 2 is 2.28 bits per heavy atom. The van der Waals surface area contributed by atoms with Crippen LogP contribution in [0.25, 0.3) is 0 Å². The third-order valence-electron chi connectivity index (χ3n) is 2.63. The summed E-state index contributed by atoms with van der Waals surface area (Å²) in [4.78, 5) is 9.91. The summed E-state index contributed by atoms with van der Waals surface area (Å²) in [6.07, 6.45) is 3.69. The molecular weight excluding hydrogens is 246 g/mol. The molecule has 0 radical (unpaired) electrons. The zero-order chi connectivity index (χ0) is 13.0. The Kier molecular flexibility index (Phi) is 4.28. The SMILES string of the molecule is CCNC(c1cnc(C)s1)c1ncccc1OC. The number of nitrogens with zero attached hydrogens (tertiary/aromatic N) is 2. The molecule has 0 saturated heterocycles. The monoisotopic (exact) mass is 263 g/mol. The molecule has 4 nitrogen and oxygen atoms in total. The lowest BCUT2D eigenvalue weighted by molar-refractivity contribution is 0.401. The fourth-order valence-corrected chi connectivity index (χ4v) is 2.70. The van der Waals surface area contributed by atoms with Crippen LogP contribution in [0.1, 0.15) is 28.5 Å². The minimum Gasteiger partial charge on any atom is -0.495 e. The van der Waals surface area contributed by atoms with E-state index in [2.05, 4.69) is 22.2 Å². The van der Waals surface area contributed by atoms with Crippen LogP contribution in [-0.2, 0) is 0 Å². The van der Waals surface area contributed by atoms with Crippen molar-refractivity contribution in [3.05, 3.63) is 40.1 Å². The molecule has 0 saturated carbocycles. The number of ether oxygens (including phenoxy) is 1. The first-order valence-corrected chi connectivity index (χ1v) is 6.72. The quantitative estimate of drug-likeness (QED) is 0.900.